The van der Waals surface area contributed by atoms with Gasteiger partial charge < -0.3 is 4.74 Å². The van der Waals surface area contributed by atoms with Crippen molar-refractivity contribution >= 4 is 33.5 Å². The Morgan fingerprint density at radius 1 is 1.27 bits per heavy atom. The summed E-state index contributed by atoms with van der Waals surface area (Å²) in [5.74, 6) is -0.903. The van der Waals surface area contributed by atoms with Crippen LogP contribution in [0.4, 0.5) is 0 Å². The van der Waals surface area contributed by atoms with Crippen molar-refractivity contribution in [2.45, 2.75) is 25.3 Å². The molecule has 3 rings (SSSR count). The number of ether oxygens (including phenoxy) is 1. The van der Waals surface area contributed by atoms with Crippen molar-refractivity contribution in [3.63, 3.8) is 0 Å². The van der Waals surface area contributed by atoms with Crippen LogP contribution in [0.25, 0.3) is 6.08 Å². The summed E-state index contributed by atoms with van der Waals surface area (Å²) >= 11 is 0. The third-order valence-electron chi connectivity index (χ3n) is 4.27. The molecule has 0 N–H and O–H groups in total. The van der Waals surface area contributed by atoms with Gasteiger partial charge in [-0.2, -0.15) is 5.10 Å². The minimum Gasteiger partial charge on any atom is -0.457 e. The molecule has 0 bridgehead atoms. The van der Waals surface area contributed by atoms with Gasteiger partial charge in [-0.05, 0) is 18.1 Å². The maximum absolute atomic E-state index is 12.2. The lowest BCUT2D eigenvalue weighted by atomic mass is 10.1. The molecule has 1 amide bonds. The number of benzene rings is 1. The van der Waals surface area contributed by atoms with Gasteiger partial charge >= 0.3 is 5.97 Å². The van der Waals surface area contributed by atoms with Gasteiger partial charge in [0.2, 0.25) is 5.91 Å². The lowest BCUT2D eigenvalue weighted by molar-refractivity contribution is -0.136. The predicted octanol–water partition coefficient (Wildman–Crippen LogP) is 1.41. The van der Waals surface area contributed by atoms with Gasteiger partial charge in [-0.3, -0.25) is 4.79 Å². The quantitative estimate of drug-likeness (QED) is 0.725. The molecule has 0 spiro atoms. The van der Waals surface area contributed by atoms with Crippen molar-refractivity contribution in [1.82, 2.24) is 5.01 Å². The average molecular weight is 376 g/mol. The van der Waals surface area contributed by atoms with Crippen LogP contribution in [0.5, 0.6) is 0 Å². The van der Waals surface area contributed by atoms with Crippen molar-refractivity contribution in [2.24, 2.45) is 5.10 Å². The van der Waals surface area contributed by atoms with Gasteiger partial charge in [0.05, 0.1) is 17.5 Å². The molecule has 0 radical (unpaired) electrons. The zero-order valence-electron chi connectivity index (χ0n) is 14.2. The summed E-state index contributed by atoms with van der Waals surface area (Å²) in [6.45, 7) is 0.0957. The SMILES string of the molecule is O=C(OCC=Cc1ccccc1)C1=NN(C2CCS(=O)(=O)C2)C(=O)CC1. The fraction of sp³-hybridized carbons (Fsp3) is 0.389. The van der Waals surface area contributed by atoms with Gasteiger partial charge in [-0.15, -0.1) is 0 Å². The number of sulfone groups is 1. The average Bonchev–Trinajstić information content (AvgIpc) is 2.99. The lowest BCUT2D eigenvalue weighted by Crippen LogP contribution is -2.42. The number of hydrazone groups is 1. The van der Waals surface area contributed by atoms with E-state index in [9.17, 15) is 18.0 Å². The first kappa shape index (κ1) is 18.3. The summed E-state index contributed by atoms with van der Waals surface area (Å²) in [6.07, 6.45) is 4.25. The molecule has 1 aromatic rings. The van der Waals surface area contributed by atoms with E-state index in [1.165, 1.54) is 0 Å². The molecule has 1 aromatic carbocycles. The number of hydrogen-bond acceptors (Lipinski definition) is 6. The van der Waals surface area contributed by atoms with E-state index >= 15 is 0 Å². The Bertz CT molecular complexity index is 846. The summed E-state index contributed by atoms with van der Waals surface area (Å²) in [5, 5.41) is 5.24. The second-order valence-corrected chi connectivity index (χ2v) is 8.48. The molecule has 0 aliphatic carbocycles. The highest BCUT2D eigenvalue weighted by atomic mass is 32.2. The molecular formula is C18H20N2O5S. The molecule has 138 valence electrons. The Labute approximate surface area is 152 Å². The standard InChI is InChI=1S/C18H20N2O5S/c21-17-9-8-16(19-20(17)15-10-12-26(23,24)13-15)18(22)25-11-4-7-14-5-2-1-3-6-14/h1-7,15H,8-13H2. The number of nitrogens with zero attached hydrogens (tertiary/aromatic N) is 2. The minimum absolute atomic E-state index is 0.0427. The van der Waals surface area contributed by atoms with Crippen LogP contribution in [0, 0.1) is 0 Å². The fourth-order valence-corrected chi connectivity index (χ4v) is 4.62. The fourth-order valence-electron chi connectivity index (χ4n) is 2.93. The Hall–Kier alpha value is -2.48. The number of carbonyl (C=O) groups is 2. The molecule has 1 saturated heterocycles. The van der Waals surface area contributed by atoms with Crippen molar-refractivity contribution < 1.29 is 22.7 Å². The summed E-state index contributed by atoms with van der Waals surface area (Å²) in [7, 11) is -3.14. The Balaban J connectivity index is 1.59. The summed E-state index contributed by atoms with van der Waals surface area (Å²) in [4.78, 5) is 24.2. The van der Waals surface area contributed by atoms with E-state index in [4.69, 9.17) is 4.74 Å². The Morgan fingerprint density at radius 3 is 2.73 bits per heavy atom. The van der Waals surface area contributed by atoms with Gasteiger partial charge in [0.1, 0.15) is 12.3 Å². The van der Waals surface area contributed by atoms with E-state index in [0.29, 0.717) is 6.42 Å². The number of hydrogen-bond donors (Lipinski definition) is 0. The number of amides is 1. The number of rotatable bonds is 5. The smallest absolute Gasteiger partial charge is 0.354 e. The molecule has 2 heterocycles. The van der Waals surface area contributed by atoms with E-state index in [-0.39, 0.29) is 42.6 Å². The third-order valence-corrected chi connectivity index (χ3v) is 6.02. The first-order valence-corrected chi connectivity index (χ1v) is 10.3. The van der Waals surface area contributed by atoms with Gasteiger partial charge in [-0.1, -0.05) is 36.4 Å². The zero-order chi connectivity index (χ0) is 18.6. The molecule has 0 saturated carbocycles. The van der Waals surface area contributed by atoms with E-state index in [0.717, 1.165) is 10.6 Å². The van der Waals surface area contributed by atoms with Crippen LogP contribution < -0.4 is 0 Å². The van der Waals surface area contributed by atoms with Crippen LogP contribution in [0.15, 0.2) is 41.5 Å². The van der Waals surface area contributed by atoms with Crippen LogP contribution in [0.3, 0.4) is 0 Å². The molecule has 2 aliphatic rings. The van der Waals surface area contributed by atoms with Gasteiger partial charge in [0, 0.05) is 12.8 Å². The summed E-state index contributed by atoms with van der Waals surface area (Å²) in [5.41, 5.74) is 1.15. The van der Waals surface area contributed by atoms with Crippen LogP contribution in [-0.4, -0.2) is 55.2 Å². The van der Waals surface area contributed by atoms with Crippen LogP contribution in [-0.2, 0) is 24.2 Å². The van der Waals surface area contributed by atoms with Crippen LogP contribution in [0.2, 0.25) is 0 Å². The minimum atomic E-state index is -3.14. The Morgan fingerprint density at radius 2 is 2.04 bits per heavy atom. The number of esters is 1. The van der Waals surface area contributed by atoms with E-state index < -0.39 is 21.8 Å². The molecular weight excluding hydrogens is 356 g/mol. The molecule has 1 atom stereocenters. The molecule has 2 aliphatic heterocycles. The maximum Gasteiger partial charge on any atom is 0.354 e. The summed E-state index contributed by atoms with van der Waals surface area (Å²) < 4.78 is 28.4. The van der Waals surface area contributed by atoms with Gasteiger partial charge in [0.25, 0.3) is 0 Å². The molecule has 0 aromatic heterocycles. The number of carbonyl (C=O) groups excluding carboxylic acids is 2. The molecule has 1 fully saturated rings. The largest absolute Gasteiger partial charge is 0.457 e. The van der Waals surface area contributed by atoms with Gasteiger partial charge in [-0.25, -0.2) is 18.2 Å². The highest BCUT2D eigenvalue weighted by Crippen LogP contribution is 2.22. The van der Waals surface area contributed by atoms with Crippen molar-refractivity contribution in [3.8, 4) is 0 Å². The van der Waals surface area contributed by atoms with Crippen LogP contribution in [0.1, 0.15) is 24.8 Å². The third kappa shape index (κ3) is 4.57. The Kier molecular flexibility index (Phi) is 5.51. The second kappa shape index (κ2) is 7.82. The zero-order valence-corrected chi connectivity index (χ0v) is 15.0. The molecule has 8 heteroatoms. The maximum atomic E-state index is 12.2. The topological polar surface area (TPSA) is 93.1 Å². The van der Waals surface area contributed by atoms with E-state index in [1.54, 1.807) is 6.08 Å². The molecule has 7 nitrogen and oxygen atoms in total. The summed E-state index contributed by atoms with van der Waals surface area (Å²) in [6, 6.07) is 9.12. The van der Waals surface area contributed by atoms with Crippen LogP contribution >= 0.6 is 0 Å². The lowest BCUT2D eigenvalue weighted by Gasteiger charge is -2.27. The predicted molar refractivity (Wildman–Crippen MR) is 97.0 cm³/mol. The molecule has 1 unspecified atom stereocenters. The van der Waals surface area contributed by atoms with Crippen molar-refractivity contribution in [3.05, 3.63) is 42.0 Å². The van der Waals surface area contributed by atoms with E-state index in [1.807, 2.05) is 36.4 Å². The van der Waals surface area contributed by atoms with Crippen molar-refractivity contribution in [2.75, 3.05) is 18.1 Å². The van der Waals surface area contributed by atoms with Crippen molar-refractivity contribution in [1.29, 1.82) is 0 Å². The van der Waals surface area contributed by atoms with Gasteiger partial charge in [0.15, 0.2) is 9.84 Å². The highest BCUT2D eigenvalue weighted by molar-refractivity contribution is 7.91. The first-order valence-electron chi connectivity index (χ1n) is 8.43. The highest BCUT2D eigenvalue weighted by Gasteiger charge is 2.37. The first-order chi connectivity index (χ1) is 12.4. The second-order valence-electron chi connectivity index (χ2n) is 6.25. The monoisotopic (exact) mass is 376 g/mol. The van der Waals surface area contributed by atoms with E-state index in [2.05, 4.69) is 5.10 Å². The molecule has 26 heavy (non-hydrogen) atoms. The normalized spacial score (nSPS) is 22.5.